The minimum Gasteiger partial charge on any atom is -0.207 e. The SMILES string of the molecule is Fc1ccc(C#CI)cc1. The standard InChI is InChI=1S/C8H4FI/c9-8-3-1-7(2-4-8)5-6-10/h1-4H. The number of halogens is 2. The molecule has 0 saturated carbocycles. The Hall–Kier alpha value is -0.560. The Kier molecular flexibility index (Phi) is 2.69. The molecule has 0 aliphatic heterocycles. The molecule has 1 aromatic carbocycles. The topological polar surface area (TPSA) is 0 Å². The maximum absolute atomic E-state index is 12.3. The van der Waals surface area contributed by atoms with Crippen LogP contribution in [-0.2, 0) is 0 Å². The van der Waals surface area contributed by atoms with Gasteiger partial charge in [0.25, 0.3) is 0 Å². The van der Waals surface area contributed by atoms with Gasteiger partial charge in [-0.25, -0.2) is 4.39 Å². The third-order valence-corrected chi connectivity index (χ3v) is 1.31. The van der Waals surface area contributed by atoms with E-state index in [1.54, 1.807) is 12.1 Å². The average Bonchev–Trinajstić information content (AvgIpc) is 1.95. The van der Waals surface area contributed by atoms with E-state index in [9.17, 15) is 4.39 Å². The predicted molar refractivity (Wildman–Crippen MR) is 47.3 cm³/mol. The fraction of sp³-hybridized carbons (Fsp3) is 0. The van der Waals surface area contributed by atoms with Gasteiger partial charge in [-0.3, -0.25) is 0 Å². The van der Waals surface area contributed by atoms with Crippen LogP contribution in [0.2, 0.25) is 0 Å². The van der Waals surface area contributed by atoms with Crippen LogP contribution in [0.4, 0.5) is 4.39 Å². The van der Waals surface area contributed by atoms with Crippen LogP contribution < -0.4 is 0 Å². The van der Waals surface area contributed by atoms with Crippen LogP contribution in [0.1, 0.15) is 5.56 Å². The molecule has 50 valence electrons. The Morgan fingerprint density at radius 2 is 1.80 bits per heavy atom. The van der Waals surface area contributed by atoms with E-state index in [4.69, 9.17) is 0 Å². The summed E-state index contributed by atoms with van der Waals surface area (Å²) in [6, 6.07) is 6.11. The summed E-state index contributed by atoms with van der Waals surface area (Å²) in [6.07, 6.45) is 0. The maximum atomic E-state index is 12.3. The van der Waals surface area contributed by atoms with Crippen LogP contribution in [0, 0.1) is 15.7 Å². The molecule has 1 aromatic rings. The molecule has 0 nitrogen and oxygen atoms in total. The van der Waals surface area contributed by atoms with Crippen LogP contribution in [0.3, 0.4) is 0 Å². The first kappa shape index (κ1) is 7.55. The van der Waals surface area contributed by atoms with Crippen LogP contribution in [0.15, 0.2) is 24.3 Å². The van der Waals surface area contributed by atoms with Gasteiger partial charge in [-0.05, 0) is 28.2 Å². The lowest BCUT2D eigenvalue weighted by atomic mass is 10.2. The summed E-state index contributed by atoms with van der Waals surface area (Å²) in [5, 5.41) is 0. The number of hydrogen-bond acceptors (Lipinski definition) is 0. The van der Waals surface area contributed by atoms with Crippen molar-refractivity contribution in [3.05, 3.63) is 35.6 Å². The lowest BCUT2D eigenvalue weighted by Gasteiger charge is -1.87. The zero-order valence-electron chi connectivity index (χ0n) is 5.07. The van der Waals surface area contributed by atoms with Crippen molar-refractivity contribution in [3.8, 4) is 9.85 Å². The maximum Gasteiger partial charge on any atom is 0.123 e. The Labute approximate surface area is 72.6 Å². The molecular formula is C8H4FI. The first-order chi connectivity index (χ1) is 4.83. The summed E-state index contributed by atoms with van der Waals surface area (Å²) in [6.45, 7) is 0. The predicted octanol–water partition coefficient (Wildman–Crippen LogP) is 2.57. The van der Waals surface area contributed by atoms with Gasteiger partial charge in [0.05, 0.1) is 0 Å². The first-order valence-electron chi connectivity index (χ1n) is 2.70. The van der Waals surface area contributed by atoms with Gasteiger partial charge in [0, 0.05) is 28.2 Å². The molecule has 0 aliphatic carbocycles. The first-order valence-corrected chi connectivity index (χ1v) is 3.78. The van der Waals surface area contributed by atoms with Crippen molar-refractivity contribution in [2.75, 3.05) is 0 Å². The largest absolute Gasteiger partial charge is 0.207 e. The molecule has 0 fully saturated rings. The molecule has 0 N–H and O–H groups in total. The summed E-state index contributed by atoms with van der Waals surface area (Å²) in [4.78, 5) is 0. The monoisotopic (exact) mass is 246 g/mol. The zero-order valence-corrected chi connectivity index (χ0v) is 7.22. The highest BCUT2D eigenvalue weighted by Gasteiger charge is 1.86. The lowest BCUT2D eigenvalue weighted by Crippen LogP contribution is -1.74. The molecule has 0 heterocycles. The Morgan fingerprint density at radius 1 is 1.20 bits per heavy atom. The van der Waals surface area contributed by atoms with Crippen LogP contribution in [0.5, 0.6) is 0 Å². The highest BCUT2D eigenvalue weighted by Crippen LogP contribution is 2.00. The van der Waals surface area contributed by atoms with Gasteiger partial charge in [-0.15, -0.1) is 0 Å². The normalized spacial score (nSPS) is 8.20. The number of hydrogen-bond donors (Lipinski definition) is 0. The van der Waals surface area contributed by atoms with Crippen molar-refractivity contribution < 1.29 is 4.39 Å². The third kappa shape index (κ3) is 1.99. The van der Waals surface area contributed by atoms with Crippen molar-refractivity contribution in [1.29, 1.82) is 0 Å². The van der Waals surface area contributed by atoms with E-state index in [1.165, 1.54) is 12.1 Å². The minimum absolute atomic E-state index is 0.223. The quantitative estimate of drug-likeness (QED) is 0.487. The molecule has 2 heteroatoms. The molecule has 0 aromatic heterocycles. The van der Waals surface area contributed by atoms with Gasteiger partial charge in [-0.1, -0.05) is 5.92 Å². The van der Waals surface area contributed by atoms with E-state index in [1.807, 2.05) is 22.6 Å². The summed E-state index contributed by atoms with van der Waals surface area (Å²) >= 11 is 1.94. The van der Waals surface area contributed by atoms with Crippen LogP contribution in [-0.4, -0.2) is 0 Å². The van der Waals surface area contributed by atoms with E-state index < -0.39 is 0 Å². The van der Waals surface area contributed by atoms with E-state index >= 15 is 0 Å². The fourth-order valence-corrected chi connectivity index (χ4v) is 0.899. The van der Waals surface area contributed by atoms with Crippen molar-refractivity contribution in [1.82, 2.24) is 0 Å². The van der Waals surface area contributed by atoms with Crippen molar-refractivity contribution in [2.24, 2.45) is 0 Å². The van der Waals surface area contributed by atoms with Crippen LogP contribution in [0.25, 0.3) is 0 Å². The van der Waals surface area contributed by atoms with Crippen LogP contribution >= 0.6 is 22.6 Å². The smallest absolute Gasteiger partial charge is 0.123 e. The molecule has 0 atom stereocenters. The molecule has 0 aliphatic rings. The van der Waals surface area contributed by atoms with Gasteiger partial charge >= 0.3 is 0 Å². The summed E-state index contributed by atoms with van der Waals surface area (Å²) in [5.74, 6) is 2.58. The third-order valence-electron chi connectivity index (χ3n) is 1.04. The second-order valence-corrected chi connectivity index (χ2v) is 2.27. The van der Waals surface area contributed by atoms with Gasteiger partial charge < -0.3 is 0 Å². The Bertz CT molecular complexity index is 266. The molecule has 0 amide bonds. The molecule has 0 bridgehead atoms. The lowest BCUT2D eigenvalue weighted by molar-refractivity contribution is 0.627. The highest BCUT2D eigenvalue weighted by atomic mass is 127. The van der Waals surface area contributed by atoms with Gasteiger partial charge in [0.2, 0.25) is 0 Å². The zero-order chi connectivity index (χ0) is 7.40. The summed E-state index contributed by atoms with van der Waals surface area (Å²) in [5.41, 5.74) is 0.843. The van der Waals surface area contributed by atoms with Crippen molar-refractivity contribution in [2.45, 2.75) is 0 Å². The Morgan fingerprint density at radius 3 is 2.30 bits per heavy atom. The minimum atomic E-state index is -0.223. The molecule has 0 spiro atoms. The van der Waals surface area contributed by atoms with E-state index in [-0.39, 0.29) is 5.82 Å². The molecular weight excluding hydrogens is 242 g/mol. The number of rotatable bonds is 0. The van der Waals surface area contributed by atoms with Gasteiger partial charge in [0.1, 0.15) is 5.82 Å². The van der Waals surface area contributed by atoms with Crippen molar-refractivity contribution >= 4 is 22.6 Å². The molecule has 0 saturated heterocycles. The molecule has 10 heavy (non-hydrogen) atoms. The molecule has 1 rings (SSSR count). The Balaban J connectivity index is 2.97. The number of benzene rings is 1. The summed E-state index contributed by atoms with van der Waals surface area (Å²) < 4.78 is 15.0. The molecule has 0 unspecified atom stereocenters. The fourth-order valence-electron chi connectivity index (χ4n) is 0.588. The van der Waals surface area contributed by atoms with E-state index in [0.29, 0.717) is 0 Å². The molecule has 0 radical (unpaired) electrons. The summed E-state index contributed by atoms with van der Waals surface area (Å²) in [7, 11) is 0. The van der Waals surface area contributed by atoms with Crippen molar-refractivity contribution in [3.63, 3.8) is 0 Å². The van der Waals surface area contributed by atoms with Gasteiger partial charge in [-0.2, -0.15) is 0 Å². The average molecular weight is 246 g/mol. The second-order valence-electron chi connectivity index (χ2n) is 1.73. The second kappa shape index (κ2) is 3.57. The van der Waals surface area contributed by atoms with Gasteiger partial charge in [0.15, 0.2) is 0 Å². The highest BCUT2D eigenvalue weighted by molar-refractivity contribution is 14.1. The van der Waals surface area contributed by atoms with E-state index in [2.05, 4.69) is 9.85 Å². The van der Waals surface area contributed by atoms with E-state index in [0.717, 1.165) is 5.56 Å².